The maximum Gasteiger partial charge on any atom is 0.232 e. The Kier molecular flexibility index (Phi) is 4.30. The Balaban J connectivity index is 2.73. The zero-order valence-electron chi connectivity index (χ0n) is 8.70. The van der Waals surface area contributed by atoms with Gasteiger partial charge < -0.3 is 16.3 Å². The van der Waals surface area contributed by atoms with E-state index >= 15 is 0 Å². The molecule has 0 aromatic heterocycles. The van der Waals surface area contributed by atoms with Gasteiger partial charge in [0.1, 0.15) is 5.84 Å². The van der Waals surface area contributed by atoms with Gasteiger partial charge in [0.25, 0.3) is 0 Å². The minimum absolute atomic E-state index is 0.120. The van der Waals surface area contributed by atoms with E-state index in [0.29, 0.717) is 5.69 Å². The van der Waals surface area contributed by atoms with Crippen LogP contribution in [0.5, 0.6) is 0 Å². The van der Waals surface area contributed by atoms with Crippen LogP contribution >= 0.6 is 15.9 Å². The molecule has 4 N–H and O–H groups in total. The molecule has 1 amide bonds. The highest BCUT2D eigenvalue weighted by atomic mass is 79.9. The van der Waals surface area contributed by atoms with Gasteiger partial charge in [0.05, 0.1) is 6.42 Å². The van der Waals surface area contributed by atoms with Gasteiger partial charge in [0.15, 0.2) is 0 Å². The molecule has 16 heavy (non-hydrogen) atoms. The van der Waals surface area contributed by atoms with Gasteiger partial charge in [-0.2, -0.15) is 0 Å². The highest BCUT2D eigenvalue weighted by Gasteiger charge is 2.07. The van der Waals surface area contributed by atoms with Crippen LogP contribution in [0.25, 0.3) is 0 Å². The van der Waals surface area contributed by atoms with Gasteiger partial charge in [0, 0.05) is 10.2 Å². The van der Waals surface area contributed by atoms with Crippen molar-refractivity contribution in [3.8, 4) is 0 Å². The van der Waals surface area contributed by atoms with Gasteiger partial charge >= 0.3 is 0 Å². The standard InChI is InChI=1S/C10H12BrN3O2/c1-6-2-3-7(11)4-8(6)13-10(15)5-9(12)14-16/h2-4,16H,5H2,1H3,(H2,12,14)(H,13,15). The molecular formula is C10H12BrN3O2. The van der Waals surface area contributed by atoms with Crippen LogP contribution in [-0.4, -0.2) is 17.0 Å². The van der Waals surface area contributed by atoms with Crippen molar-refractivity contribution in [1.29, 1.82) is 0 Å². The summed E-state index contributed by atoms with van der Waals surface area (Å²) in [4.78, 5) is 11.4. The molecule has 6 heteroatoms. The Hall–Kier alpha value is -1.56. The summed E-state index contributed by atoms with van der Waals surface area (Å²) in [5, 5.41) is 13.7. The number of hydrogen-bond donors (Lipinski definition) is 3. The third-order valence-electron chi connectivity index (χ3n) is 1.94. The van der Waals surface area contributed by atoms with E-state index in [-0.39, 0.29) is 18.2 Å². The Morgan fingerprint density at radius 3 is 2.94 bits per heavy atom. The lowest BCUT2D eigenvalue weighted by Crippen LogP contribution is -2.22. The lowest BCUT2D eigenvalue weighted by Gasteiger charge is -2.08. The van der Waals surface area contributed by atoms with Crippen molar-refractivity contribution in [1.82, 2.24) is 0 Å². The molecule has 1 rings (SSSR count). The van der Waals surface area contributed by atoms with E-state index in [4.69, 9.17) is 10.9 Å². The number of nitrogens with one attached hydrogen (secondary N) is 1. The molecule has 0 saturated carbocycles. The van der Waals surface area contributed by atoms with Crippen LogP contribution in [0.3, 0.4) is 0 Å². The minimum atomic E-state index is -0.323. The van der Waals surface area contributed by atoms with Crippen LogP contribution in [0.4, 0.5) is 5.69 Å². The van der Waals surface area contributed by atoms with Crippen molar-refractivity contribution in [3.05, 3.63) is 28.2 Å². The second-order valence-corrected chi connectivity index (χ2v) is 4.19. The molecule has 0 saturated heterocycles. The van der Waals surface area contributed by atoms with E-state index < -0.39 is 0 Å². The summed E-state index contributed by atoms with van der Waals surface area (Å²) in [6, 6.07) is 5.55. The predicted molar refractivity (Wildman–Crippen MR) is 65.5 cm³/mol. The number of amides is 1. The number of carbonyl (C=O) groups excluding carboxylic acids is 1. The first-order valence-electron chi connectivity index (χ1n) is 4.55. The van der Waals surface area contributed by atoms with E-state index in [9.17, 15) is 4.79 Å². The Bertz CT molecular complexity index is 432. The van der Waals surface area contributed by atoms with Gasteiger partial charge in [0.2, 0.25) is 5.91 Å². The highest BCUT2D eigenvalue weighted by molar-refractivity contribution is 9.10. The SMILES string of the molecule is Cc1ccc(Br)cc1NC(=O)C/C(N)=N/O. The van der Waals surface area contributed by atoms with Crippen molar-refractivity contribution < 1.29 is 10.0 Å². The topological polar surface area (TPSA) is 87.7 Å². The lowest BCUT2D eigenvalue weighted by molar-refractivity contribution is -0.115. The van der Waals surface area contributed by atoms with Crippen LogP contribution in [0.15, 0.2) is 27.8 Å². The summed E-state index contributed by atoms with van der Waals surface area (Å²) in [5.74, 6) is -0.443. The molecule has 0 aliphatic carbocycles. The molecule has 0 heterocycles. The number of anilines is 1. The van der Waals surface area contributed by atoms with Crippen LogP contribution in [0.1, 0.15) is 12.0 Å². The predicted octanol–water partition coefficient (Wildman–Crippen LogP) is 1.83. The second-order valence-electron chi connectivity index (χ2n) is 3.28. The summed E-state index contributed by atoms with van der Waals surface area (Å²) >= 11 is 3.31. The summed E-state index contributed by atoms with van der Waals surface area (Å²) in [7, 11) is 0. The summed E-state index contributed by atoms with van der Waals surface area (Å²) in [5.41, 5.74) is 6.87. The maximum absolute atomic E-state index is 11.4. The van der Waals surface area contributed by atoms with Gasteiger partial charge in [-0.3, -0.25) is 4.79 Å². The van der Waals surface area contributed by atoms with Gasteiger partial charge in [-0.25, -0.2) is 0 Å². The fraction of sp³-hybridized carbons (Fsp3) is 0.200. The molecule has 0 radical (unpaired) electrons. The second kappa shape index (κ2) is 5.50. The normalized spacial score (nSPS) is 11.2. The number of oxime groups is 1. The van der Waals surface area contributed by atoms with Gasteiger partial charge in [-0.05, 0) is 24.6 Å². The number of rotatable bonds is 3. The van der Waals surface area contributed by atoms with Crippen molar-refractivity contribution in [2.45, 2.75) is 13.3 Å². The zero-order valence-corrected chi connectivity index (χ0v) is 10.3. The van der Waals surface area contributed by atoms with E-state index in [1.165, 1.54) is 0 Å². The first kappa shape index (κ1) is 12.5. The molecule has 1 aromatic rings. The maximum atomic E-state index is 11.4. The number of halogens is 1. The fourth-order valence-corrected chi connectivity index (χ4v) is 1.48. The number of nitrogens with two attached hydrogens (primary N) is 1. The smallest absolute Gasteiger partial charge is 0.232 e. The molecule has 0 unspecified atom stereocenters. The summed E-state index contributed by atoms with van der Waals surface area (Å²) in [6.45, 7) is 1.88. The van der Waals surface area contributed by atoms with Crippen LogP contribution in [0.2, 0.25) is 0 Å². The third-order valence-corrected chi connectivity index (χ3v) is 2.44. The number of benzene rings is 1. The molecule has 86 valence electrons. The van der Waals surface area contributed by atoms with Gasteiger partial charge in [-0.1, -0.05) is 27.2 Å². The average molecular weight is 286 g/mol. The number of hydrogen-bond acceptors (Lipinski definition) is 3. The minimum Gasteiger partial charge on any atom is -0.409 e. The monoisotopic (exact) mass is 285 g/mol. The van der Waals surface area contributed by atoms with Crippen LogP contribution in [0, 0.1) is 6.92 Å². The van der Waals surface area contributed by atoms with Crippen LogP contribution < -0.4 is 11.1 Å². The van der Waals surface area contributed by atoms with E-state index in [1.54, 1.807) is 6.07 Å². The van der Waals surface area contributed by atoms with Crippen LogP contribution in [-0.2, 0) is 4.79 Å². The molecule has 5 nitrogen and oxygen atoms in total. The highest BCUT2D eigenvalue weighted by Crippen LogP contribution is 2.20. The molecule has 0 aliphatic heterocycles. The number of amidine groups is 1. The van der Waals surface area contributed by atoms with E-state index in [0.717, 1.165) is 10.0 Å². The Morgan fingerprint density at radius 2 is 2.31 bits per heavy atom. The van der Waals surface area contributed by atoms with E-state index in [2.05, 4.69) is 26.4 Å². The fourth-order valence-electron chi connectivity index (χ4n) is 1.12. The van der Waals surface area contributed by atoms with Crippen molar-refractivity contribution in [3.63, 3.8) is 0 Å². The Labute approximate surface area is 101 Å². The first-order chi connectivity index (χ1) is 7.52. The number of nitrogens with zero attached hydrogens (tertiary/aromatic N) is 1. The summed E-state index contributed by atoms with van der Waals surface area (Å²) < 4.78 is 0.872. The molecule has 0 spiro atoms. The molecule has 0 bridgehead atoms. The zero-order chi connectivity index (χ0) is 12.1. The van der Waals surface area contributed by atoms with Crippen molar-refractivity contribution in [2.75, 3.05) is 5.32 Å². The van der Waals surface area contributed by atoms with Crippen molar-refractivity contribution >= 4 is 33.4 Å². The quantitative estimate of drug-likeness (QED) is 0.343. The molecule has 0 aliphatic rings. The van der Waals surface area contributed by atoms with E-state index in [1.807, 2.05) is 19.1 Å². The number of aryl methyl sites for hydroxylation is 1. The molecule has 0 atom stereocenters. The van der Waals surface area contributed by atoms with Crippen molar-refractivity contribution in [2.24, 2.45) is 10.9 Å². The third kappa shape index (κ3) is 3.54. The Morgan fingerprint density at radius 1 is 1.62 bits per heavy atom. The summed E-state index contributed by atoms with van der Waals surface area (Å²) in [6.07, 6.45) is -0.136. The average Bonchev–Trinajstić information content (AvgIpc) is 2.23. The number of carbonyl (C=O) groups is 1. The van der Waals surface area contributed by atoms with Gasteiger partial charge in [-0.15, -0.1) is 0 Å². The molecular weight excluding hydrogens is 274 g/mol. The lowest BCUT2D eigenvalue weighted by atomic mass is 10.2. The first-order valence-corrected chi connectivity index (χ1v) is 5.34. The largest absolute Gasteiger partial charge is 0.409 e. The molecule has 1 aromatic carbocycles. The molecule has 0 fully saturated rings.